The first-order chi connectivity index (χ1) is 11.8. The monoisotopic (exact) mass is 350 g/mol. The third kappa shape index (κ3) is 4.72. The Hall–Kier alpha value is -3.03. The predicted octanol–water partition coefficient (Wildman–Crippen LogP) is 3.30. The minimum Gasteiger partial charge on any atom is -0.474 e. The van der Waals surface area contributed by atoms with Crippen LogP contribution in [0.4, 0.5) is 14.5 Å². The smallest absolute Gasteiger partial charge is 0.311 e. The first kappa shape index (κ1) is 18.3. The van der Waals surface area contributed by atoms with E-state index in [9.17, 15) is 23.7 Å². The number of nitro groups is 1. The quantitative estimate of drug-likeness (QED) is 0.592. The number of nitrogens with zero attached hydrogens (tertiary/aromatic N) is 2. The van der Waals surface area contributed by atoms with E-state index < -0.39 is 34.3 Å². The van der Waals surface area contributed by atoms with E-state index in [-0.39, 0.29) is 12.3 Å². The van der Waals surface area contributed by atoms with Gasteiger partial charge in [0.15, 0.2) is 6.10 Å². The number of nitro benzene ring substituents is 1. The zero-order valence-electron chi connectivity index (χ0n) is 13.6. The number of carbonyl (C=O) groups excluding carboxylic acids is 1. The van der Waals surface area contributed by atoms with Crippen LogP contribution in [0.15, 0.2) is 42.5 Å². The van der Waals surface area contributed by atoms with Gasteiger partial charge in [-0.05, 0) is 30.7 Å². The van der Waals surface area contributed by atoms with Crippen molar-refractivity contribution in [3.05, 3.63) is 69.8 Å². The fourth-order valence-corrected chi connectivity index (χ4v) is 2.27. The van der Waals surface area contributed by atoms with E-state index in [2.05, 4.69) is 0 Å². The summed E-state index contributed by atoms with van der Waals surface area (Å²) in [5, 5.41) is 11.0. The van der Waals surface area contributed by atoms with Crippen LogP contribution in [0.2, 0.25) is 0 Å². The van der Waals surface area contributed by atoms with E-state index in [1.165, 1.54) is 37.1 Å². The summed E-state index contributed by atoms with van der Waals surface area (Å²) in [6, 6.07) is 8.54. The van der Waals surface area contributed by atoms with Gasteiger partial charge in [0, 0.05) is 25.7 Å². The zero-order valence-corrected chi connectivity index (χ0v) is 13.6. The summed E-state index contributed by atoms with van der Waals surface area (Å²) < 4.78 is 31.8. The Morgan fingerprint density at radius 2 is 1.92 bits per heavy atom. The van der Waals surface area contributed by atoms with Crippen molar-refractivity contribution in [2.75, 3.05) is 7.05 Å². The highest BCUT2D eigenvalue weighted by Crippen LogP contribution is 2.28. The Bertz CT molecular complexity index is 798. The van der Waals surface area contributed by atoms with E-state index in [1.54, 1.807) is 6.07 Å². The molecule has 25 heavy (non-hydrogen) atoms. The summed E-state index contributed by atoms with van der Waals surface area (Å²) >= 11 is 0. The van der Waals surface area contributed by atoms with Gasteiger partial charge in [0.25, 0.3) is 5.91 Å². The number of amides is 1. The molecule has 0 aliphatic carbocycles. The first-order valence-corrected chi connectivity index (χ1v) is 7.38. The molecule has 0 unspecified atom stereocenters. The largest absolute Gasteiger partial charge is 0.474 e. The number of rotatable bonds is 6. The molecule has 8 heteroatoms. The molecule has 0 saturated carbocycles. The maximum Gasteiger partial charge on any atom is 0.311 e. The maximum atomic E-state index is 13.3. The van der Waals surface area contributed by atoms with Gasteiger partial charge < -0.3 is 9.64 Å². The van der Waals surface area contributed by atoms with E-state index in [0.717, 1.165) is 18.2 Å². The van der Waals surface area contributed by atoms with Crippen molar-refractivity contribution < 1.29 is 23.2 Å². The molecule has 2 aromatic carbocycles. The number of benzene rings is 2. The molecule has 2 aromatic rings. The predicted molar refractivity (Wildman–Crippen MR) is 86.0 cm³/mol. The van der Waals surface area contributed by atoms with Gasteiger partial charge >= 0.3 is 5.69 Å². The highest BCUT2D eigenvalue weighted by atomic mass is 19.1. The Balaban J connectivity index is 2.10. The molecule has 0 aliphatic rings. The van der Waals surface area contributed by atoms with E-state index in [0.29, 0.717) is 5.56 Å². The molecule has 0 fully saturated rings. The molecule has 1 amide bonds. The molecule has 0 aliphatic heterocycles. The summed E-state index contributed by atoms with van der Waals surface area (Å²) in [6.07, 6.45) is -1.08. The second-order valence-electron chi connectivity index (χ2n) is 5.45. The highest BCUT2D eigenvalue weighted by Gasteiger charge is 2.24. The zero-order chi connectivity index (χ0) is 18.6. The molecule has 0 heterocycles. The van der Waals surface area contributed by atoms with Crippen molar-refractivity contribution in [2.45, 2.75) is 19.6 Å². The average molecular weight is 350 g/mol. The van der Waals surface area contributed by atoms with Gasteiger partial charge in [-0.2, -0.15) is 0 Å². The lowest BCUT2D eigenvalue weighted by molar-refractivity contribution is -0.386. The topological polar surface area (TPSA) is 72.7 Å². The lowest BCUT2D eigenvalue weighted by Crippen LogP contribution is -2.37. The summed E-state index contributed by atoms with van der Waals surface area (Å²) in [6.45, 7) is 1.54. The molecule has 0 N–H and O–H groups in total. The lowest BCUT2D eigenvalue weighted by atomic mass is 10.2. The van der Waals surface area contributed by atoms with Crippen LogP contribution in [0.3, 0.4) is 0 Å². The number of halogens is 2. The Kier molecular flexibility index (Phi) is 5.63. The lowest BCUT2D eigenvalue weighted by Gasteiger charge is -2.22. The maximum absolute atomic E-state index is 13.3. The van der Waals surface area contributed by atoms with Crippen LogP contribution in [0, 0.1) is 21.7 Å². The molecule has 0 saturated heterocycles. The summed E-state index contributed by atoms with van der Waals surface area (Å²) in [5.74, 6) is -1.95. The van der Waals surface area contributed by atoms with Crippen LogP contribution in [-0.2, 0) is 11.3 Å². The van der Waals surface area contributed by atoms with Gasteiger partial charge in [0.2, 0.25) is 5.75 Å². The van der Waals surface area contributed by atoms with Crippen LogP contribution in [0.5, 0.6) is 5.75 Å². The Morgan fingerprint density at radius 1 is 1.24 bits per heavy atom. The third-order valence-electron chi connectivity index (χ3n) is 3.46. The highest BCUT2D eigenvalue weighted by molar-refractivity contribution is 5.80. The summed E-state index contributed by atoms with van der Waals surface area (Å²) in [7, 11) is 1.49. The van der Waals surface area contributed by atoms with E-state index >= 15 is 0 Å². The normalized spacial score (nSPS) is 11.7. The van der Waals surface area contributed by atoms with Crippen molar-refractivity contribution in [1.82, 2.24) is 4.90 Å². The number of likely N-dealkylation sites (N-methyl/N-ethyl adjacent to an activating group) is 1. The van der Waals surface area contributed by atoms with Crippen LogP contribution in [0.25, 0.3) is 0 Å². The van der Waals surface area contributed by atoms with Crippen molar-refractivity contribution in [3.63, 3.8) is 0 Å². The summed E-state index contributed by atoms with van der Waals surface area (Å²) in [5.41, 5.74) is 0.147. The third-order valence-corrected chi connectivity index (χ3v) is 3.46. The molecule has 132 valence electrons. The Morgan fingerprint density at radius 3 is 2.56 bits per heavy atom. The van der Waals surface area contributed by atoms with Crippen LogP contribution in [-0.4, -0.2) is 28.9 Å². The fraction of sp³-hybridized carbons (Fsp3) is 0.235. The minimum atomic E-state index is -1.08. The van der Waals surface area contributed by atoms with Gasteiger partial charge in [0.1, 0.15) is 11.6 Å². The van der Waals surface area contributed by atoms with E-state index in [4.69, 9.17) is 4.74 Å². The van der Waals surface area contributed by atoms with Crippen molar-refractivity contribution in [1.29, 1.82) is 0 Å². The molecule has 0 aromatic heterocycles. The van der Waals surface area contributed by atoms with Gasteiger partial charge in [-0.3, -0.25) is 14.9 Å². The van der Waals surface area contributed by atoms with Crippen molar-refractivity contribution >= 4 is 11.6 Å². The standard InChI is InChI=1S/C17H16F2N2O4/c1-11(25-16-9-14(19)6-7-15(16)21(23)24)17(22)20(2)10-12-4-3-5-13(18)8-12/h3-9,11H,10H2,1-2H3/t11-/m0/s1. The van der Waals surface area contributed by atoms with Gasteiger partial charge in [-0.15, -0.1) is 0 Å². The number of hydrogen-bond donors (Lipinski definition) is 0. The Labute approximate surface area is 142 Å². The molecule has 2 rings (SSSR count). The average Bonchev–Trinajstić information content (AvgIpc) is 2.53. The number of ether oxygens (including phenoxy) is 1. The fourth-order valence-electron chi connectivity index (χ4n) is 2.27. The molecule has 0 spiro atoms. The molecule has 1 atom stereocenters. The van der Waals surface area contributed by atoms with Crippen LogP contribution >= 0.6 is 0 Å². The second-order valence-corrected chi connectivity index (χ2v) is 5.45. The van der Waals surface area contributed by atoms with Crippen molar-refractivity contribution in [2.24, 2.45) is 0 Å². The number of carbonyl (C=O) groups is 1. The summed E-state index contributed by atoms with van der Waals surface area (Å²) in [4.78, 5) is 23.9. The molecule has 0 radical (unpaired) electrons. The van der Waals surface area contributed by atoms with Gasteiger partial charge in [-0.1, -0.05) is 12.1 Å². The van der Waals surface area contributed by atoms with Crippen molar-refractivity contribution in [3.8, 4) is 5.75 Å². The van der Waals surface area contributed by atoms with Crippen LogP contribution in [0.1, 0.15) is 12.5 Å². The molecular formula is C17H16F2N2O4. The SMILES string of the molecule is C[C@H](Oc1cc(F)ccc1[N+](=O)[O-])C(=O)N(C)Cc1cccc(F)c1. The van der Waals surface area contributed by atoms with E-state index in [1.807, 2.05) is 0 Å². The van der Waals surface area contributed by atoms with Crippen LogP contribution < -0.4 is 4.74 Å². The second kappa shape index (κ2) is 7.69. The minimum absolute atomic E-state index is 0.134. The molecule has 0 bridgehead atoms. The first-order valence-electron chi connectivity index (χ1n) is 7.38. The van der Waals surface area contributed by atoms with Gasteiger partial charge in [0.05, 0.1) is 4.92 Å². The number of hydrogen-bond acceptors (Lipinski definition) is 4. The molecular weight excluding hydrogens is 334 g/mol. The molecule has 6 nitrogen and oxygen atoms in total. The van der Waals surface area contributed by atoms with Gasteiger partial charge in [-0.25, -0.2) is 8.78 Å².